The molecule has 0 aliphatic carbocycles. The van der Waals surface area contributed by atoms with Gasteiger partial charge in [-0.3, -0.25) is 4.57 Å². The molecule has 1 rings (SSSR count). The number of benzene rings is 1. The summed E-state index contributed by atoms with van der Waals surface area (Å²) in [4.78, 5) is 0. The average molecular weight is 242 g/mol. The molecule has 0 spiro atoms. The molecule has 0 heterocycles. The topological polar surface area (TPSA) is 35.5 Å². The van der Waals surface area contributed by atoms with Crippen LogP contribution in [-0.4, -0.2) is 13.2 Å². The normalized spacial score (nSPS) is 14.7. The van der Waals surface area contributed by atoms with Crippen molar-refractivity contribution in [2.45, 2.75) is 27.2 Å². The van der Waals surface area contributed by atoms with E-state index in [-0.39, 0.29) is 0 Å². The zero-order chi connectivity index (χ0) is 12.0. The van der Waals surface area contributed by atoms with Gasteiger partial charge in [0.1, 0.15) is 0 Å². The van der Waals surface area contributed by atoms with Crippen molar-refractivity contribution in [3.63, 3.8) is 0 Å². The number of aryl methyl sites for hydroxylation is 1. The quantitative estimate of drug-likeness (QED) is 0.718. The van der Waals surface area contributed by atoms with Gasteiger partial charge in [-0.15, -0.1) is 0 Å². The first-order valence-corrected chi connectivity index (χ1v) is 7.13. The van der Waals surface area contributed by atoms with E-state index in [1.165, 1.54) is 0 Å². The third-order valence-corrected chi connectivity index (χ3v) is 4.17. The van der Waals surface area contributed by atoms with Gasteiger partial charge >= 0.3 is 7.60 Å². The summed E-state index contributed by atoms with van der Waals surface area (Å²) < 4.78 is 23.1. The Morgan fingerprint density at radius 3 is 2.25 bits per heavy atom. The monoisotopic (exact) mass is 242 g/mol. The predicted octanol–water partition coefficient (Wildman–Crippen LogP) is 3.28. The molecular formula is C12H19O3P. The molecule has 0 N–H and O–H groups in total. The molecule has 0 aliphatic heterocycles. The smallest absolute Gasteiger partial charge is 0.305 e. The Morgan fingerprint density at radius 1 is 1.12 bits per heavy atom. The molecule has 4 heteroatoms. The van der Waals surface area contributed by atoms with E-state index in [4.69, 9.17) is 9.05 Å². The molecule has 0 bridgehead atoms. The molecule has 0 aliphatic rings. The Kier molecular flexibility index (Phi) is 5.20. The fourth-order valence-electron chi connectivity index (χ4n) is 1.30. The van der Waals surface area contributed by atoms with Gasteiger partial charge in [0, 0.05) is 0 Å². The first kappa shape index (κ1) is 13.4. The second kappa shape index (κ2) is 6.19. The second-order valence-corrected chi connectivity index (χ2v) is 5.61. The first-order valence-electron chi connectivity index (χ1n) is 5.58. The molecule has 0 aromatic heterocycles. The van der Waals surface area contributed by atoms with Gasteiger partial charge < -0.3 is 9.05 Å². The fourth-order valence-corrected chi connectivity index (χ4v) is 2.94. The molecule has 16 heavy (non-hydrogen) atoms. The Bertz CT molecular complexity index is 359. The highest BCUT2D eigenvalue weighted by Gasteiger charge is 2.26. The van der Waals surface area contributed by atoms with E-state index >= 15 is 0 Å². The highest BCUT2D eigenvalue weighted by molar-refractivity contribution is 7.62. The minimum Gasteiger partial charge on any atom is -0.305 e. The molecule has 3 nitrogen and oxygen atoms in total. The van der Waals surface area contributed by atoms with Crippen LogP contribution in [0.5, 0.6) is 0 Å². The van der Waals surface area contributed by atoms with Crippen molar-refractivity contribution >= 4 is 12.9 Å². The summed E-state index contributed by atoms with van der Waals surface area (Å²) in [7, 11) is -3.11. The Hall–Kier alpha value is -0.630. The van der Waals surface area contributed by atoms with E-state index in [1.807, 2.05) is 32.9 Å². The molecule has 1 aromatic carbocycles. The van der Waals surface area contributed by atoms with Crippen LogP contribution in [0.4, 0.5) is 0 Å². The molecule has 0 saturated carbocycles. The van der Waals surface area contributed by atoms with E-state index in [9.17, 15) is 4.57 Å². The van der Waals surface area contributed by atoms with Crippen LogP contribution in [0.2, 0.25) is 0 Å². The molecule has 0 amide bonds. The predicted molar refractivity (Wildman–Crippen MR) is 66.3 cm³/mol. The minimum atomic E-state index is -3.11. The van der Waals surface area contributed by atoms with Gasteiger partial charge in [0.05, 0.1) is 18.5 Å². The van der Waals surface area contributed by atoms with Gasteiger partial charge in [-0.05, 0) is 32.4 Å². The molecular weight excluding hydrogens is 223 g/mol. The van der Waals surface area contributed by atoms with E-state index in [1.54, 1.807) is 12.1 Å². The van der Waals surface area contributed by atoms with E-state index in [2.05, 4.69) is 0 Å². The number of rotatable bonds is 6. The molecule has 1 unspecified atom stereocenters. The summed E-state index contributed by atoms with van der Waals surface area (Å²) in [5, 5.41) is 0.633. The summed E-state index contributed by atoms with van der Waals surface area (Å²) in [6, 6.07) is 7.44. The zero-order valence-corrected chi connectivity index (χ0v) is 11.0. The minimum absolute atomic E-state index is 0.384. The highest BCUT2D eigenvalue weighted by atomic mass is 31.2. The summed E-state index contributed by atoms with van der Waals surface area (Å²) in [5.41, 5.74) is 1.13. The Balaban J connectivity index is 2.91. The van der Waals surface area contributed by atoms with Crippen molar-refractivity contribution in [1.29, 1.82) is 0 Å². The first-order chi connectivity index (χ1) is 7.62. The van der Waals surface area contributed by atoms with Gasteiger partial charge in [0.15, 0.2) is 0 Å². The van der Waals surface area contributed by atoms with Crippen LogP contribution in [0.25, 0.3) is 0 Å². The van der Waals surface area contributed by atoms with E-state index in [0.29, 0.717) is 18.5 Å². The molecule has 0 saturated heterocycles. The molecule has 0 fully saturated rings. The molecule has 1 atom stereocenters. The van der Waals surface area contributed by atoms with Gasteiger partial charge in [-0.25, -0.2) is 0 Å². The van der Waals surface area contributed by atoms with E-state index < -0.39 is 7.60 Å². The summed E-state index contributed by atoms with van der Waals surface area (Å²) >= 11 is 0. The zero-order valence-electron chi connectivity index (χ0n) is 10.1. The van der Waals surface area contributed by atoms with Crippen LogP contribution in [0.3, 0.4) is 0 Å². The van der Waals surface area contributed by atoms with Crippen LogP contribution >= 0.6 is 7.60 Å². The average Bonchev–Trinajstić information content (AvgIpc) is 2.27. The van der Waals surface area contributed by atoms with Gasteiger partial charge in [-0.1, -0.05) is 24.6 Å². The Labute approximate surface area is 97.3 Å². The third-order valence-electron chi connectivity index (χ3n) is 2.11. The second-order valence-electron chi connectivity index (χ2n) is 3.58. The van der Waals surface area contributed by atoms with Crippen LogP contribution < -0.4 is 5.30 Å². The summed E-state index contributed by atoms with van der Waals surface area (Å²) in [6.45, 7) is 6.61. The van der Waals surface area contributed by atoms with Crippen molar-refractivity contribution < 1.29 is 13.6 Å². The largest absolute Gasteiger partial charge is 0.361 e. The maximum absolute atomic E-state index is 12.4. The summed E-state index contributed by atoms with van der Waals surface area (Å²) in [5.74, 6) is 0. The number of hydrogen-bond donors (Lipinski definition) is 0. The number of hydrogen-bond acceptors (Lipinski definition) is 3. The van der Waals surface area contributed by atoms with Crippen molar-refractivity contribution in [2.75, 3.05) is 13.2 Å². The maximum atomic E-state index is 12.4. The Morgan fingerprint density at radius 2 is 1.75 bits per heavy atom. The molecule has 0 radical (unpaired) electrons. The van der Waals surface area contributed by atoms with Crippen LogP contribution in [0.15, 0.2) is 24.3 Å². The van der Waals surface area contributed by atoms with Crippen LogP contribution in [0.1, 0.15) is 25.8 Å². The maximum Gasteiger partial charge on any atom is 0.361 e. The molecule has 90 valence electrons. The highest BCUT2D eigenvalue weighted by Crippen LogP contribution is 2.46. The fraction of sp³-hybridized carbons (Fsp3) is 0.500. The lowest BCUT2D eigenvalue weighted by Crippen LogP contribution is -2.10. The lowest BCUT2D eigenvalue weighted by molar-refractivity contribution is 0.221. The lowest BCUT2D eigenvalue weighted by Gasteiger charge is -2.17. The van der Waals surface area contributed by atoms with Gasteiger partial charge in [0.2, 0.25) is 0 Å². The SMILES string of the molecule is CCCOP(=O)(OCC)c1ccc(C)cc1. The van der Waals surface area contributed by atoms with Crippen LogP contribution in [-0.2, 0) is 13.6 Å². The summed E-state index contributed by atoms with van der Waals surface area (Å²) in [6.07, 6.45) is 0.822. The van der Waals surface area contributed by atoms with Crippen molar-refractivity contribution in [2.24, 2.45) is 0 Å². The van der Waals surface area contributed by atoms with Crippen molar-refractivity contribution in [1.82, 2.24) is 0 Å². The van der Waals surface area contributed by atoms with Crippen LogP contribution in [0, 0.1) is 6.92 Å². The van der Waals surface area contributed by atoms with Crippen molar-refractivity contribution in [3.05, 3.63) is 29.8 Å². The van der Waals surface area contributed by atoms with E-state index in [0.717, 1.165) is 12.0 Å². The van der Waals surface area contributed by atoms with Crippen molar-refractivity contribution in [3.8, 4) is 0 Å². The van der Waals surface area contributed by atoms with Gasteiger partial charge in [-0.2, -0.15) is 0 Å². The third kappa shape index (κ3) is 3.44. The van der Waals surface area contributed by atoms with Gasteiger partial charge in [0.25, 0.3) is 0 Å². The standard InChI is InChI=1S/C12H19O3P/c1-4-10-15-16(13,14-5-2)12-8-6-11(3)7-9-12/h6-9H,4-5,10H2,1-3H3. The lowest BCUT2D eigenvalue weighted by atomic mass is 10.2. The molecule has 1 aromatic rings.